The standard InChI is InChI=1S/C35H61N3O2.H2/c1-25(2)8-7-9-26(3)30-12-13-31-29-11-10-27-24-28(14-16-34(27,4)32(29)15-17-35(30,31)5)40-33(39)36-18-19-38-22-20-37(6)21-23-38;/h10,25-26,28-32H,7-9,11-24H2,1-6H3,(H,36,39);1H/t26-,28+,29+,30-,31+,32+,34?,35-;/m1./s1. The van der Waals surface area contributed by atoms with Crippen LogP contribution in [0, 0.1) is 46.3 Å². The molecule has 1 unspecified atom stereocenters. The van der Waals surface area contributed by atoms with Gasteiger partial charge in [-0.3, -0.25) is 4.90 Å². The molecule has 1 N–H and O–H groups in total. The highest BCUT2D eigenvalue weighted by Crippen LogP contribution is 2.67. The predicted molar refractivity (Wildman–Crippen MR) is 167 cm³/mol. The van der Waals surface area contributed by atoms with Crippen molar-refractivity contribution >= 4 is 6.09 Å². The minimum Gasteiger partial charge on any atom is -0.446 e. The Morgan fingerprint density at radius 1 is 1.05 bits per heavy atom. The largest absolute Gasteiger partial charge is 0.446 e. The monoisotopic (exact) mass is 557 g/mol. The van der Waals surface area contributed by atoms with Crippen molar-refractivity contribution in [3.8, 4) is 0 Å². The summed E-state index contributed by atoms with van der Waals surface area (Å²) in [6.45, 7) is 18.6. The minimum absolute atomic E-state index is 0. The molecule has 3 saturated carbocycles. The van der Waals surface area contributed by atoms with Gasteiger partial charge in [0.25, 0.3) is 0 Å². The molecule has 4 aliphatic carbocycles. The van der Waals surface area contributed by atoms with Gasteiger partial charge in [0, 0.05) is 47.1 Å². The highest BCUT2D eigenvalue weighted by molar-refractivity contribution is 5.67. The molecule has 0 radical (unpaired) electrons. The Morgan fingerprint density at radius 3 is 2.58 bits per heavy atom. The Balaban J connectivity index is 0.00000387. The lowest BCUT2D eigenvalue weighted by atomic mass is 9.47. The molecular weight excluding hydrogens is 494 g/mol. The molecule has 1 aliphatic heterocycles. The molecule has 5 nitrogen and oxygen atoms in total. The van der Waals surface area contributed by atoms with Gasteiger partial charge in [-0.15, -0.1) is 0 Å². The van der Waals surface area contributed by atoms with E-state index in [1.54, 1.807) is 5.57 Å². The molecule has 0 bridgehead atoms. The van der Waals surface area contributed by atoms with Crippen LogP contribution < -0.4 is 5.32 Å². The Kier molecular flexibility index (Phi) is 9.62. The summed E-state index contributed by atoms with van der Waals surface area (Å²) >= 11 is 0. The minimum atomic E-state index is -0.218. The number of alkyl carbamates (subject to hydrolysis) is 1. The van der Waals surface area contributed by atoms with Gasteiger partial charge in [-0.05, 0) is 98.3 Å². The number of hydrogen-bond donors (Lipinski definition) is 1. The van der Waals surface area contributed by atoms with Gasteiger partial charge in [-0.1, -0.05) is 65.5 Å². The van der Waals surface area contributed by atoms with E-state index >= 15 is 0 Å². The first-order valence-electron chi connectivity index (χ1n) is 17.1. The molecule has 0 aromatic rings. The third-order valence-electron chi connectivity index (χ3n) is 12.8. The summed E-state index contributed by atoms with van der Waals surface area (Å²) < 4.78 is 5.98. The Morgan fingerprint density at radius 2 is 1.82 bits per heavy atom. The summed E-state index contributed by atoms with van der Waals surface area (Å²) in [5.74, 6) is 5.20. The van der Waals surface area contributed by atoms with Gasteiger partial charge in [-0.25, -0.2) is 4.79 Å². The zero-order valence-electron chi connectivity index (χ0n) is 26.9. The second-order valence-corrected chi connectivity index (χ2v) is 15.6. The first-order valence-corrected chi connectivity index (χ1v) is 17.1. The van der Waals surface area contributed by atoms with Crippen LogP contribution in [0.3, 0.4) is 0 Å². The molecule has 5 aliphatic rings. The SMILES string of the molecule is CC(C)CCC[C@@H](C)[C@H]1CC[C@H]2[C@@H]3CC=C4C[C@@H](OC(=O)NCCN5CCN(C)CC5)CCC4(C)[C@H]3CC[C@]12C.[HH]. The first-order chi connectivity index (χ1) is 19.1. The van der Waals surface area contributed by atoms with Crippen molar-refractivity contribution in [3.05, 3.63) is 11.6 Å². The highest BCUT2D eigenvalue weighted by Gasteiger charge is 2.59. The number of rotatable bonds is 9. The third kappa shape index (κ3) is 6.31. The fourth-order valence-corrected chi connectivity index (χ4v) is 10.3. The van der Waals surface area contributed by atoms with E-state index in [-0.39, 0.29) is 13.6 Å². The predicted octanol–water partition coefficient (Wildman–Crippen LogP) is 7.62. The molecule has 0 aromatic carbocycles. The molecule has 5 rings (SSSR count). The fourth-order valence-electron chi connectivity index (χ4n) is 10.3. The average Bonchev–Trinajstić information content (AvgIpc) is 3.27. The van der Waals surface area contributed by atoms with E-state index in [4.69, 9.17) is 4.74 Å². The maximum atomic E-state index is 12.6. The van der Waals surface area contributed by atoms with Crippen LogP contribution in [-0.2, 0) is 4.74 Å². The lowest BCUT2D eigenvalue weighted by Gasteiger charge is -2.58. The molecule has 1 heterocycles. The second-order valence-electron chi connectivity index (χ2n) is 15.6. The van der Waals surface area contributed by atoms with Gasteiger partial charge < -0.3 is 15.0 Å². The Labute approximate surface area is 247 Å². The van der Waals surface area contributed by atoms with Crippen LogP contribution in [0.4, 0.5) is 4.79 Å². The average molecular weight is 558 g/mol. The van der Waals surface area contributed by atoms with Crippen LogP contribution in [0.25, 0.3) is 0 Å². The topological polar surface area (TPSA) is 44.8 Å². The van der Waals surface area contributed by atoms with Gasteiger partial charge in [0.2, 0.25) is 0 Å². The number of nitrogens with one attached hydrogen (secondary N) is 1. The summed E-state index contributed by atoms with van der Waals surface area (Å²) in [6, 6.07) is 0. The zero-order chi connectivity index (χ0) is 28.5. The summed E-state index contributed by atoms with van der Waals surface area (Å²) in [5.41, 5.74) is 2.46. The number of allylic oxidation sites excluding steroid dienone is 1. The molecule has 0 aromatic heterocycles. The number of amides is 1. The van der Waals surface area contributed by atoms with Crippen molar-refractivity contribution in [3.63, 3.8) is 0 Å². The molecule has 8 atom stereocenters. The van der Waals surface area contributed by atoms with Crippen LogP contribution in [-0.4, -0.2) is 68.3 Å². The Bertz CT molecular complexity index is 902. The first kappa shape index (κ1) is 30.4. The maximum Gasteiger partial charge on any atom is 0.407 e. The van der Waals surface area contributed by atoms with Crippen LogP contribution in [0.15, 0.2) is 11.6 Å². The third-order valence-corrected chi connectivity index (χ3v) is 12.8. The summed E-state index contributed by atoms with van der Waals surface area (Å²) in [5, 5.41) is 3.04. The lowest BCUT2D eigenvalue weighted by Crippen LogP contribution is -2.51. The van der Waals surface area contributed by atoms with Crippen molar-refractivity contribution < 1.29 is 11.0 Å². The van der Waals surface area contributed by atoms with Crippen molar-refractivity contribution in [1.29, 1.82) is 0 Å². The van der Waals surface area contributed by atoms with E-state index in [1.165, 1.54) is 57.8 Å². The van der Waals surface area contributed by atoms with Crippen molar-refractivity contribution in [1.82, 2.24) is 15.1 Å². The van der Waals surface area contributed by atoms with E-state index in [0.29, 0.717) is 17.4 Å². The van der Waals surface area contributed by atoms with Gasteiger partial charge in [0.15, 0.2) is 0 Å². The van der Waals surface area contributed by atoms with E-state index in [1.807, 2.05) is 0 Å². The molecular formula is C35H63N3O2. The lowest BCUT2D eigenvalue weighted by molar-refractivity contribution is -0.0581. The van der Waals surface area contributed by atoms with E-state index < -0.39 is 0 Å². The summed E-state index contributed by atoms with van der Waals surface area (Å²) in [7, 11) is 2.18. The van der Waals surface area contributed by atoms with Crippen LogP contribution >= 0.6 is 0 Å². The molecule has 5 heteroatoms. The molecule has 230 valence electrons. The molecule has 4 fully saturated rings. The quantitative estimate of drug-likeness (QED) is 0.296. The van der Waals surface area contributed by atoms with E-state index in [9.17, 15) is 4.79 Å². The number of ether oxygens (including phenoxy) is 1. The summed E-state index contributed by atoms with van der Waals surface area (Å²) in [6.07, 6.45) is 16.8. The Hall–Kier alpha value is -1.07. The normalized spacial score (nSPS) is 39.2. The molecule has 0 spiro atoms. The van der Waals surface area contributed by atoms with Crippen molar-refractivity contribution in [2.45, 2.75) is 111 Å². The number of nitrogens with zero attached hydrogens (tertiary/aromatic N) is 2. The van der Waals surface area contributed by atoms with Crippen LogP contribution in [0.1, 0.15) is 107 Å². The van der Waals surface area contributed by atoms with Gasteiger partial charge in [-0.2, -0.15) is 0 Å². The number of likely N-dealkylation sites (N-methyl/N-ethyl adjacent to an activating group) is 1. The number of carbonyl (C=O) groups excluding carboxylic acids is 1. The number of carbonyl (C=O) groups is 1. The molecule has 40 heavy (non-hydrogen) atoms. The van der Waals surface area contributed by atoms with E-state index in [0.717, 1.165) is 81.1 Å². The zero-order valence-corrected chi connectivity index (χ0v) is 26.9. The number of piperazine rings is 1. The summed E-state index contributed by atoms with van der Waals surface area (Å²) in [4.78, 5) is 17.4. The fraction of sp³-hybridized carbons (Fsp3) is 0.914. The smallest absolute Gasteiger partial charge is 0.407 e. The van der Waals surface area contributed by atoms with Gasteiger partial charge in [0.1, 0.15) is 6.10 Å². The van der Waals surface area contributed by atoms with Crippen molar-refractivity contribution in [2.75, 3.05) is 46.3 Å². The maximum absolute atomic E-state index is 12.6. The van der Waals surface area contributed by atoms with Crippen LogP contribution in [0.2, 0.25) is 0 Å². The number of fused-ring (bicyclic) bond motifs is 5. The highest BCUT2D eigenvalue weighted by atomic mass is 16.6. The number of hydrogen-bond acceptors (Lipinski definition) is 4. The second kappa shape index (κ2) is 12.7. The van der Waals surface area contributed by atoms with Gasteiger partial charge in [0.05, 0.1) is 0 Å². The van der Waals surface area contributed by atoms with Gasteiger partial charge >= 0.3 is 6.09 Å². The molecule has 1 amide bonds. The van der Waals surface area contributed by atoms with E-state index in [2.05, 4.69) is 62.9 Å². The molecule has 1 saturated heterocycles. The van der Waals surface area contributed by atoms with Crippen LogP contribution in [0.5, 0.6) is 0 Å². The van der Waals surface area contributed by atoms with Crippen molar-refractivity contribution in [2.24, 2.45) is 46.3 Å².